The third kappa shape index (κ3) is 3.28. The summed E-state index contributed by atoms with van der Waals surface area (Å²) < 4.78 is 7.46. The Labute approximate surface area is 119 Å². The fourth-order valence-corrected chi connectivity index (χ4v) is 2.86. The summed E-state index contributed by atoms with van der Waals surface area (Å²) in [6.07, 6.45) is 0.871. The van der Waals surface area contributed by atoms with Gasteiger partial charge in [0.05, 0.1) is 29.6 Å². The highest BCUT2D eigenvalue weighted by Crippen LogP contribution is 2.23. The molecule has 1 saturated heterocycles. The molecule has 1 N–H and O–H groups in total. The highest BCUT2D eigenvalue weighted by atomic mass is 35.5. The topological polar surface area (TPSA) is 42.3 Å². The van der Waals surface area contributed by atoms with Gasteiger partial charge in [0.2, 0.25) is 0 Å². The first-order valence-corrected chi connectivity index (χ1v) is 7.21. The van der Waals surface area contributed by atoms with Gasteiger partial charge in [-0.05, 0) is 13.5 Å². The summed E-state index contributed by atoms with van der Waals surface area (Å²) in [6.45, 7) is 6.34. The van der Waals surface area contributed by atoms with Crippen molar-refractivity contribution in [2.45, 2.75) is 25.9 Å². The van der Waals surface area contributed by atoms with Gasteiger partial charge in [-0.3, -0.25) is 9.58 Å². The fraction of sp³-hybridized carbons (Fsp3) is 0.769. The van der Waals surface area contributed by atoms with Crippen LogP contribution in [0.3, 0.4) is 0 Å². The Morgan fingerprint density at radius 1 is 1.53 bits per heavy atom. The maximum Gasteiger partial charge on any atom is 0.0863 e. The van der Waals surface area contributed by atoms with Crippen LogP contribution in [0.25, 0.3) is 0 Å². The summed E-state index contributed by atoms with van der Waals surface area (Å²) in [4.78, 5) is 2.42. The predicted octanol–water partition coefficient (Wildman–Crippen LogP) is 1.06. The van der Waals surface area contributed by atoms with E-state index in [9.17, 15) is 0 Å². The van der Waals surface area contributed by atoms with Crippen molar-refractivity contribution in [3.8, 4) is 0 Å². The molecular formula is C13H23ClN4O. The van der Waals surface area contributed by atoms with E-state index in [2.05, 4.69) is 22.2 Å². The standard InChI is InChI=1S/C13H23ClN4O/c1-4-11-13(14)12(17(3)16-11)8-18-5-6-19-9-10(18)7-15-2/h10,15H,4-9H2,1-3H3. The van der Waals surface area contributed by atoms with Crippen LogP contribution in [0, 0.1) is 0 Å². The Morgan fingerprint density at radius 2 is 2.32 bits per heavy atom. The minimum atomic E-state index is 0.398. The molecule has 1 aromatic rings. The minimum absolute atomic E-state index is 0.398. The second kappa shape index (κ2) is 6.70. The van der Waals surface area contributed by atoms with Gasteiger partial charge in [-0.1, -0.05) is 18.5 Å². The lowest BCUT2D eigenvalue weighted by atomic mass is 10.2. The van der Waals surface area contributed by atoms with Crippen LogP contribution in [0.5, 0.6) is 0 Å². The molecule has 0 aromatic carbocycles. The van der Waals surface area contributed by atoms with Gasteiger partial charge in [0.25, 0.3) is 0 Å². The van der Waals surface area contributed by atoms with E-state index in [4.69, 9.17) is 16.3 Å². The van der Waals surface area contributed by atoms with Crippen LogP contribution in [0.15, 0.2) is 0 Å². The van der Waals surface area contributed by atoms with Gasteiger partial charge >= 0.3 is 0 Å². The van der Waals surface area contributed by atoms with Gasteiger partial charge in [0.1, 0.15) is 0 Å². The van der Waals surface area contributed by atoms with Gasteiger partial charge in [-0.25, -0.2) is 0 Å². The predicted molar refractivity (Wildman–Crippen MR) is 76.5 cm³/mol. The molecule has 6 heteroatoms. The van der Waals surface area contributed by atoms with Crippen LogP contribution < -0.4 is 5.32 Å². The molecule has 2 heterocycles. The molecule has 1 aliphatic heterocycles. The molecule has 0 amide bonds. The highest BCUT2D eigenvalue weighted by molar-refractivity contribution is 6.31. The molecule has 0 bridgehead atoms. The van der Waals surface area contributed by atoms with E-state index in [1.807, 2.05) is 18.8 Å². The fourth-order valence-electron chi connectivity index (χ4n) is 2.50. The molecule has 0 aliphatic carbocycles. The number of nitrogens with one attached hydrogen (secondary N) is 1. The summed E-state index contributed by atoms with van der Waals surface area (Å²) in [6, 6.07) is 0.398. The summed E-state index contributed by atoms with van der Waals surface area (Å²) in [5.74, 6) is 0. The largest absolute Gasteiger partial charge is 0.378 e. The van der Waals surface area contributed by atoms with Gasteiger partial charge in [-0.15, -0.1) is 0 Å². The third-order valence-corrected chi connectivity index (χ3v) is 4.08. The van der Waals surface area contributed by atoms with E-state index in [0.29, 0.717) is 6.04 Å². The lowest BCUT2D eigenvalue weighted by molar-refractivity contribution is -0.0113. The molecule has 0 saturated carbocycles. The van der Waals surface area contributed by atoms with E-state index in [0.717, 1.165) is 55.7 Å². The van der Waals surface area contributed by atoms with Crippen molar-refractivity contribution in [2.75, 3.05) is 33.4 Å². The molecule has 1 atom stereocenters. The Hall–Kier alpha value is -0.620. The summed E-state index contributed by atoms with van der Waals surface area (Å²) >= 11 is 6.42. The zero-order chi connectivity index (χ0) is 13.8. The molecule has 1 aromatic heterocycles. The Kier molecular flexibility index (Phi) is 5.21. The molecular weight excluding hydrogens is 264 g/mol. The monoisotopic (exact) mass is 286 g/mol. The maximum atomic E-state index is 6.42. The smallest absolute Gasteiger partial charge is 0.0863 e. The Morgan fingerprint density at radius 3 is 2.95 bits per heavy atom. The van der Waals surface area contributed by atoms with Crippen molar-refractivity contribution in [1.29, 1.82) is 0 Å². The quantitative estimate of drug-likeness (QED) is 0.879. The third-order valence-electron chi connectivity index (χ3n) is 3.65. The molecule has 108 valence electrons. The van der Waals surface area contributed by atoms with E-state index in [1.54, 1.807) is 0 Å². The van der Waals surface area contributed by atoms with E-state index in [-0.39, 0.29) is 0 Å². The number of rotatable bonds is 5. The number of nitrogens with zero attached hydrogens (tertiary/aromatic N) is 3. The molecule has 2 rings (SSSR count). The van der Waals surface area contributed by atoms with Crippen molar-refractivity contribution >= 4 is 11.6 Å². The summed E-state index contributed by atoms with van der Waals surface area (Å²) in [5, 5.41) is 8.52. The van der Waals surface area contributed by atoms with Crippen molar-refractivity contribution in [3.63, 3.8) is 0 Å². The lowest BCUT2D eigenvalue weighted by Gasteiger charge is -2.35. The summed E-state index contributed by atoms with van der Waals surface area (Å²) in [7, 11) is 3.94. The SMILES string of the molecule is CCc1nn(C)c(CN2CCOCC2CNC)c1Cl. The number of aromatic nitrogens is 2. The first-order valence-electron chi connectivity index (χ1n) is 6.84. The van der Waals surface area contributed by atoms with Gasteiger partial charge < -0.3 is 10.1 Å². The molecule has 1 aliphatic rings. The first kappa shape index (κ1) is 14.8. The van der Waals surface area contributed by atoms with E-state index >= 15 is 0 Å². The lowest BCUT2D eigenvalue weighted by Crippen LogP contribution is -2.49. The van der Waals surface area contributed by atoms with Gasteiger partial charge in [0.15, 0.2) is 0 Å². The number of morpholine rings is 1. The second-order valence-electron chi connectivity index (χ2n) is 4.94. The van der Waals surface area contributed by atoms with Gasteiger partial charge in [-0.2, -0.15) is 5.10 Å². The number of hydrogen-bond donors (Lipinski definition) is 1. The van der Waals surface area contributed by atoms with Crippen molar-refractivity contribution in [1.82, 2.24) is 20.0 Å². The van der Waals surface area contributed by atoms with Crippen LogP contribution in [-0.2, 0) is 24.8 Å². The molecule has 0 spiro atoms. The van der Waals surface area contributed by atoms with Crippen molar-refractivity contribution in [3.05, 3.63) is 16.4 Å². The van der Waals surface area contributed by atoms with Crippen LogP contribution >= 0.6 is 11.6 Å². The average Bonchev–Trinajstić information content (AvgIpc) is 2.68. The van der Waals surface area contributed by atoms with Gasteiger partial charge in [0, 0.05) is 32.7 Å². The Balaban J connectivity index is 2.12. The number of likely N-dealkylation sites (N-methyl/N-ethyl adjacent to an activating group) is 1. The number of aryl methyl sites for hydroxylation is 2. The second-order valence-corrected chi connectivity index (χ2v) is 5.32. The molecule has 19 heavy (non-hydrogen) atoms. The maximum absolute atomic E-state index is 6.42. The zero-order valence-electron chi connectivity index (χ0n) is 11.9. The molecule has 1 fully saturated rings. The van der Waals surface area contributed by atoms with Crippen LogP contribution in [0.4, 0.5) is 0 Å². The number of hydrogen-bond acceptors (Lipinski definition) is 4. The number of halogens is 1. The van der Waals surface area contributed by atoms with Crippen molar-refractivity contribution in [2.24, 2.45) is 7.05 Å². The average molecular weight is 287 g/mol. The molecule has 5 nitrogen and oxygen atoms in total. The zero-order valence-corrected chi connectivity index (χ0v) is 12.7. The minimum Gasteiger partial charge on any atom is -0.378 e. The highest BCUT2D eigenvalue weighted by Gasteiger charge is 2.25. The van der Waals surface area contributed by atoms with Crippen LogP contribution in [-0.4, -0.2) is 54.1 Å². The van der Waals surface area contributed by atoms with E-state index in [1.165, 1.54) is 0 Å². The Bertz CT molecular complexity index is 419. The summed E-state index contributed by atoms with van der Waals surface area (Å²) in [5.41, 5.74) is 2.08. The first-order chi connectivity index (χ1) is 9.17. The van der Waals surface area contributed by atoms with Crippen molar-refractivity contribution < 1.29 is 4.74 Å². The number of ether oxygens (including phenoxy) is 1. The molecule has 0 radical (unpaired) electrons. The normalized spacial score (nSPS) is 20.9. The van der Waals surface area contributed by atoms with E-state index < -0.39 is 0 Å². The molecule has 1 unspecified atom stereocenters. The van der Waals surface area contributed by atoms with Crippen LogP contribution in [0.2, 0.25) is 5.02 Å². The van der Waals surface area contributed by atoms with Crippen LogP contribution in [0.1, 0.15) is 18.3 Å².